The summed E-state index contributed by atoms with van der Waals surface area (Å²) in [5, 5.41) is 5.67. The molecule has 0 saturated heterocycles. The van der Waals surface area contributed by atoms with Gasteiger partial charge >= 0.3 is 6.03 Å². The number of carbonyl (C=O) groups is 1. The minimum Gasteiger partial charge on any atom is -0.491 e. The minimum absolute atomic E-state index is 0.240. The summed E-state index contributed by atoms with van der Waals surface area (Å²) in [6.07, 6.45) is 2.57. The SMILES string of the molecule is Cc1cccc(C)c1OCCNC(=O)Nc1cccc(COCC2CC2)c1. The van der Waals surface area contributed by atoms with Crippen LogP contribution in [0.1, 0.15) is 29.5 Å². The topological polar surface area (TPSA) is 59.6 Å². The molecule has 0 heterocycles. The van der Waals surface area contributed by atoms with Gasteiger partial charge in [-0.3, -0.25) is 0 Å². The summed E-state index contributed by atoms with van der Waals surface area (Å²) < 4.78 is 11.5. The molecule has 144 valence electrons. The van der Waals surface area contributed by atoms with Crippen LogP contribution in [0.25, 0.3) is 0 Å². The number of benzene rings is 2. The highest BCUT2D eigenvalue weighted by Gasteiger charge is 2.21. The molecule has 1 aliphatic carbocycles. The molecule has 0 aliphatic heterocycles. The summed E-state index contributed by atoms with van der Waals surface area (Å²) in [4.78, 5) is 12.1. The largest absolute Gasteiger partial charge is 0.491 e. The Hall–Kier alpha value is -2.53. The predicted molar refractivity (Wildman–Crippen MR) is 107 cm³/mol. The van der Waals surface area contributed by atoms with Gasteiger partial charge in [0.15, 0.2) is 0 Å². The van der Waals surface area contributed by atoms with Gasteiger partial charge in [-0.05, 0) is 61.4 Å². The van der Waals surface area contributed by atoms with Gasteiger partial charge in [0.2, 0.25) is 0 Å². The lowest BCUT2D eigenvalue weighted by molar-refractivity contribution is 0.111. The lowest BCUT2D eigenvalue weighted by atomic mass is 10.1. The van der Waals surface area contributed by atoms with E-state index in [1.165, 1.54) is 12.8 Å². The van der Waals surface area contributed by atoms with Crippen LogP contribution in [0.2, 0.25) is 0 Å². The molecule has 1 saturated carbocycles. The van der Waals surface area contributed by atoms with Gasteiger partial charge in [0.05, 0.1) is 13.2 Å². The number of amides is 2. The highest BCUT2D eigenvalue weighted by atomic mass is 16.5. The van der Waals surface area contributed by atoms with Crippen molar-refractivity contribution < 1.29 is 14.3 Å². The number of aryl methyl sites for hydroxylation is 2. The van der Waals surface area contributed by atoms with E-state index >= 15 is 0 Å². The second-order valence-corrected chi connectivity index (χ2v) is 7.11. The predicted octanol–water partition coefficient (Wildman–Crippen LogP) is 4.43. The Labute approximate surface area is 161 Å². The minimum atomic E-state index is -0.240. The molecule has 2 amide bonds. The van der Waals surface area contributed by atoms with E-state index < -0.39 is 0 Å². The zero-order valence-corrected chi connectivity index (χ0v) is 16.1. The molecular formula is C22H28N2O3. The fraction of sp³-hybridized carbons (Fsp3) is 0.409. The molecule has 0 bridgehead atoms. The monoisotopic (exact) mass is 368 g/mol. The molecule has 2 aromatic rings. The number of nitrogens with one attached hydrogen (secondary N) is 2. The van der Waals surface area contributed by atoms with Crippen molar-refractivity contribution in [3.63, 3.8) is 0 Å². The van der Waals surface area contributed by atoms with E-state index in [2.05, 4.69) is 10.6 Å². The van der Waals surface area contributed by atoms with E-state index in [9.17, 15) is 4.79 Å². The average molecular weight is 368 g/mol. The highest BCUT2D eigenvalue weighted by Crippen LogP contribution is 2.29. The van der Waals surface area contributed by atoms with E-state index in [1.54, 1.807) is 0 Å². The summed E-state index contributed by atoms with van der Waals surface area (Å²) in [5.74, 6) is 1.64. The number of rotatable bonds is 9. The Bertz CT molecular complexity index is 752. The van der Waals surface area contributed by atoms with Gasteiger partial charge in [0.1, 0.15) is 12.4 Å². The molecule has 5 heteroatoms. The number of hydrogen-bond acceptors (Lipinski definition) is 3. The zero-order chi connectivity index (χ0) is 19.1. The van der Waals surface area contributed by atoms with E-state index in [4.69, 9.17) is 9.47 Å². The fourth-order valence-electron chi connectivity index (χ4n) is 2.89. The molecule has 2 N–H and O–H groups in total. The Kier molecular flexibility index (Phi) is 6.71. The molecule has 27 heavy (non-hydrogen) atoms. The molecule has 1 fully saturated rings. The molecule has 0 spiro atoms. The average Bonchev–Trinajstić information content (AvgIpc) is 3.45. The maximum absolute atomic E-state index is 12.1. The lowest BCUT2D eigenvalue weighted by Crippen LogP contribution is -2.32. The van der Waals surface area contributed by atoms with Gasteiger partial charge in [0.25, 0.3) is 0 Å². The fourth-order valence-corrected chi connectivity index (χ4v) is 2.89. The Balaban J connectivity index is 1.38. The molecule has 0 radical (unpaired) electrons. The van der Waals surface area contributed by atoms with Crippen LogP contribution in [0, 0.1) is 19.8 Å². The highest BCUT2D eigenvalue weighted by molar-refractivity contribution is 5.89. The quantitative estimate of drug-likeness (QED) is 0.644. The third-order valence-electron chi connectivity index (χ3n) is 4.55. The molecular weight excluding hydrogens is 340 g/mol. The third-order valence-corrected chi connectivity index (χ3v) is 4.55. The number of ether oxygens (including phenoxy) is 2. The summed E-state index contributed by atoms with van der Waals surface area (Å²) in [6, 6.07) is 13.6. The van der Waals surface area contributed by atoms with Crippen LogP contribution in [0.3, 0.4) is 0 Å². The Morgan fingerprint density at radius 1 is 1.11 bits per heavy atom. The van der Waals surface area contributed by atoms with E-state index in [1.807, 2.05) is 56.3 Å². The molecule has 0 atom stereocenters. The molecule has 0 aromatic heterocycles. The standard InChI is InChI=1S/C22H28N2O3/c1-16-5-3-6-17(2)21(16)27-12-11-23-22(25)24-20-8-4-7-19(13-20)15-26-14-18-9-10-18/h3-8,13,18H,9-12,14-15H2,1-2H3,(H2,23,24,25). The number of hydrogen-bond donors (Lipinski definition) is 2. The summed E-state index contributed by atoms with van der Waals surface area (Å²) in [5.41, 5.74) is 4.02. The normalized spacial score (nSPS) is 13.3. The van der Waals surface area contributed by atoms with Crippen molar-refractivity contribution >= 4 is 11.7 Å². The van der Waals surface area contributed by atoms with Gasteiger partial charge in [-0.1, -0.05) is 30.3 Å². The zero-order valence-electron chi connectivity index (χ0n) is 16.1. The van der Waals surface area contributed by atoms with Gasteiger partial charge in [0, 0.05) is 12.3 Å². The number of para-hydroxylation sites is 1. The molecule has 1 aliphatic rings. The van der Waals surface area contributed by atoms with Crippen molar-refractivity contribution in [3.8, 4) is 5.75 Å². The van der Waals surface area contributed by atoms with Crippen LogP contribution in [0.15, 0.2) is 42.5 Å². The summed E-state index contributed by atoms with van der Waals surface area (Å²) >= 11 is 0. The van der Waals surface area contributed by atoms with Crippen molar-refractivity contribution in [2.75, 3.05) is 25.1 Å². The first-order valence-electron chi connectivity index (χ1n) is 9.52. The van der Waals surface area contributed by atoms with Gasteiger partial charge < -0.3 is 20.1 Å². The summed E-state index contributed by atoms with van der Waals surface area (Å²) in [7, 11) is 0. The summed E-state index contributed by atoms with van der Waals surface area (Å²) in [6.45, 7) is 6.31. The first kappa shape index (κ1) is 19.2. The molecule has 3 rings (SSSR count). The van der Waals surface area contributed by atoms with Crippen molar-refractivity contribution in [2.45, 2.75) is 33.3 Å². The van der Waals surface area contributed by atoms with Crippen LogP contribution in [-0.4, -0.2) is 25.8 Å². The first-order chi connectivity index (χ1) is 13.1. The van der Waals surface area contributed by atoms with Crippen molar-refractivity contribution in [1.29, 1.82) is 0 Å². The third kappa shape index (κ3) is 6.29. The smallest absolute Gasteiger partial charge is 0.319 e. The van der Waals surface area contributed by atoms with Gasteiger partial charge in [-0.2, -0.15) is 0 Å². The van der Waals surface area contributed by atoms with E-state index in [0.29, 0.717) is 19.8 Å². The maximum Gasteiger partial charge on any atom is 0.319 e. The number of anilines is 1. The maximum atomic E-state index is 12.1. The van der Waals surface area contributed by atoms with E-state index in [-0.39, 0.29) is 6.03 Å². The Morgan fingerprint density at radius 2 is 1.85 bits per heavy atom. The number of urea groups is 1. The van der Waals surface area contributed by atoms with Crippen LogP contribution < -0.4 is 15.4 Å². The number of carbonyl (C=O) groups excluding carboxylic acids is 1. The van der Waals surface area contributed by atoms with Crippen LogP contribution >= 0.6 is 0 Å². The van der Waals surface area contributed by atoms with Crippen LogP contribution in [0.4, 0.5) is 10.5 Å². The van der Waals surface area contributed by atoms with Crippen molar-refractivity contribution in [2.24, 2.45) is 5.92 Å². The second kappa shape index (κ2) is 9.42. The van der Waals surface area contributed by atoms with Crippen molar-refractivity contribution in [1.82, 2.24) is 5.32 Å². The van der Waals surface area contributed by atoms with Crippen molar-refractivity contribution in [3.05, 3.63) is 59.2 Å². The first-order valence-corrected chi connectivity index (χ1v) is 9.52. The molecule has 5 nitrogen and oxygen atoms in total. The van der Waals surface area contributed by atoms with Crippen LogP contribution in [-0.2, 0) is 11.3 Å². The molecule has 0 unspecified atom stereocenters. The van der Waals surface area contributed by atoms with Crippen LogP contribution in [0.5, 0.6) is 5.75 Å². The lowest BCUT2D eigenvalue weighted by Gasteiger charge is -2.13. The Morgan fingerprint density at radius 3 is 2.59 bits per heavy atom. The second-order valence-electron chi connectivity index (χ2n) is 7.11. The van der Waals surface area contributed by atoms with Gasteiger partial charge in [-0.25, -0.2) is 4.79 Å². The van der Waals surface area contributed by atoms with Gasteiger partial charge in [-0.15, -0.1) is 0 Å². The van der Waals surface area contributed by atoms with E-state index in [0.717, 1.165) is 40.7 Å². The molecule has 2 aromatic carbocycles.